The lowest BCUT2D eigenvalue weighted by atomic mass is 10.0. The summed E-state index contributed by atoms with van der Waals surface area (Å²) in [6.45, 7) is 3.37. The number of nitrogens with two attached hydrogens (primary N) is 1. The predicted octanol–water partition coefficient (Wildman–Crippen LogP) is 1.75. The van der Waals surface area contributed by atoms with Crippen LogP contribution in [0.3, 0.4) is 0 Å². The molecule has 1 unspecified atom stereocenters. The number of hydrogen-bond acceptors (Lipinski definition) is 4. The zero-order valence-corrected chi connectivity index (χ0v) is 9.11. The van der Waals surface area contributed by atoms with Crippen LogP contribution in [0.4, 0.5) is 11.5 Å². The minimum atomic E-state index is 0.600. The van der Waals surface area contributed by atoms with Crippen LogP contribution in [-0.4, -0.2) is 17.6 Å². The molecule has 1 aromatic heterocycles. The van der Waals surface area contributed by atoms with E-state index in [0.717, 1.165) is 18.1 Å². The van der Waals surface area contributed by atoms with Crippen molar-refractivity contribution >= 4 is 11.5 Å². The number of nitrogens with one attached hydrogen (secondary N) is 1. The number of anilines is 2. The summed E-state index contributed by atoms with van der Waals surface area (Å²) < 4.78 is 0. The van der Waals surface area contributed by atoms with Gasteiger partial charge in [-0.1, -0.05) is 0 Å². The fourth-order valence-corrected chi connectivity index (χ4v) is 2.08. The number of pyridine rings is 1. The van der Waals surface area contributed by atoms with Crippen LogP contribution >= 0.6 is 0 Å². The second kappa shape index (κ2) is 4.49. The number of rotatable bonds is 2. The standard InChI is InChI=1S/C11H18N4/c1-9-4-2-3-7-15(9)11-6-5-10(14-12)8-13-11/h5-6,8-9,14H,2-4,7,12H2,1H3. The van der Waals surface area contributed by atoms with Crippen LogP contribution in [0.15, 0.2) is 18.3 Å². The van der Waals surface area contributed by atoms with Crippen molar-refractivity contribution in [2.75, 3.05) is 16.9 Å². The van der Waals surface area contributed by atoms with Crippen LogP contribution in [0.25, 0.3) is 0 Å². The summed E-state index contributed by atoms with van der Waals surface area (Å²) in [7, 11) is 0. The van der Waals surface area contributed by atoms with Crippen molar-refractivity contribution in [3.63, 3.8) is 0 Å². The second-order valence-electron chi connectivity index (χ2n) is 4.09. The van der Waals surface area contributed by atoms with E-state index in [1.165, 1.54) is 19.3 Å². The SMILES string of the molecule is CC1CCCCN1c1ccc(NN)cn1. The summed E-state index contributed by atoms with van der Waals surface area (Å²) in [5, 5.41) is 0. The Labute approximate surface area is 90.5 Å². The Balaban J connectivity index is 2.13. The van der Waals surface area contributed by atoms with Gasteiger partial charge in [-0.05, 0) is 38.3 Å². The lowest BCUT2D eigenvalue weighted by molar-refractivity contribution is 0.481. The van der Waals surface area contributed by atoms with Gasteiger partial charge in [0.15, 0.2) is 0 Å². The summed E-state index contributed by atoms with van der Waals surface area (Å²) in [5.41, 5.74) is 3.44. The van der Waals surface area contributed by atoms with E-state index in [4.69, 9.17) is 5.84 Å². The Morgan fingerprint density at radius 2 is 2.33 bits per heavy atom. The maximum Gasteiger partial charge on any atom is 0.128 e. The Kier molecular flexibility index (Phi) is 3.06. The quantitative estimate of drug-likeness (QED) is 0.571. The molecule has 4 nitrogen and oxygen atoms in total. The number of hydrogen-bond donors (Lipinski definition) is 2. The molecule has 1 fully saturated rings. The first-order chi connectivity index (χ1) is 7.31. The predicted molar refractivity (Wildman–Crippen MR) is 62.7 cm³/mol. The third kappa shape index (κ3) is 2.21. The van der Waals surface area contributed by atoms with Crippen LogP contribution in [0.1, 0.15) is 26.2 Å². The topological polar surface area (TPSA) is 54.2 Å². The van der Waals surface area contributed by atoms with Gasteiger partial charge in [0.2, 0.25) is 0 Å². The van der Waals surface area contributed by atoms with Crippen molar-refractivity contribution in [2.45, 2.75) is 32.2 Å². The van der Waals surface area contributed by atoms with Gasteiger partial charge in [0, 0.05) is 12.6 Å². The third-order valence-electron chi connectivity index (χ3n) is 3.01. The first-order valence-corrected chi connectivity index (χ1v) is 5.50. The molecule has 1 aliphatic rings. The smallest absolute Gasteiger partial charge is 0.128 e. The van der Waals surface area contributed by atoms with E-state index < -0.39 is 0 Å². The molecule has 0 spiro atoms. The van der Waals surface area contributed by atoms with Crippen molar-refractivity contribution < 1.29 is 0 Å². The first-order valence-electron chi connectivity index (χ1n) is 5.50. The largest absolute Gasteiger partial charge is 0.354 e. The van der Waals surface area contributed by atoms with Gasteiger partial charge in [-0.15, -0.1) is 0 Å². The molecule has 0 amide bonds. The Morgan fingerprint density at radius 1 is 1.47 bits per heavy atom. The Morgan fingerprint density at radius 3 is 2.93 bits per heavy atom. The molecular weight excluding hydrogens is 188 g/mol. The fraction of sp³-hybridized carbons (Fsp3) is 0.545. The van der Waals surface area contributed by atoms with Crippen LogP contribution in [-0.2, 0) is 0 Å². The fourth-order valence-electron chi connectivity index (χ4n) is 2.08. The van der Waals surface area contributed by atoms with Crippen LogP contribution in [0.5, 0.6) is 0 Å². The lowest BCUT2D eigenvalue weighted by Crippen LogP contribution is -2.37. The number of piperidine rings is 1. The molecular formula is C11H18N4. The first kappa shape index (κ1) is 10.2. The molecule has 0 radical (unpaired) electrons. The molecule has 2 rings (SSSR count). The van der Waals surface area contributed by atoms with Gasteiger partial charge >= 0.3 is 0 Å². The summed E-state index contributed by atoms with van der Waals surface area (Å²) in [5.74, 6) is 6.36. The van der Waals surface area contributed by atoms with Gasteiger partial charge in [0.25, 0.3) is 0 Å². The van der Waals surface area contributed by atoms with Gasteiger partial charge in [0.05, 0.1) is 11.9 Å². The summed E-state index contributed by atoms with van der Waals surface area (Å²) in [6, 6.07) is 4.59. The number of aromatic nitrogens is 1. The molecule has 1 saturated heterocycles. The van der Waals surface area contributed by atoms with E-state index in [9.17, 15) is 0 Å². The van der Waals surface area contributed by atoms with Gasteiger partial charge in [-0.25, -0.2) is 4.98 Å². The van der Waals surface area contributed by atoms with E-state index in [1.807, 2.05) is 12.1 Å². The molecule has 15 heavy (non-hydrogen) atoms. The van der Waals surface area contributed by atoms with Crippen molar-refractivity contribution in [1.82, 2.24) is 4.98 Å². The zero-order chi connectivity index (χ0) is 10.7. The molecule has 1 atom stereocenters. The molecule has 1 aliphatic heterocycles. The molecule has 82 valence electrons. The number of nitrogens with zero attached hydrogens (tertiary/aromatic N) is 2. The van der Waals surface area contributed by atoms with Crippen LogP contribution < -0.4 is 16.2 Å². The minimum absolute atomic E-state index is 0.600. The highest BCUT2D eigenvalue weighted by Gasteiger charge is 2.18. The summed E-state index contributed by atoms with van der Waals surface area (Å²) >= 11 is 0. The van der Waals surface area contributed by atoms with E-state index in [1.54, 1.807) is 6.20 Å². The molecule has 2 heterocycles. The van der Waals surface area contributed by atoms with Crippen molar-refractivity contribution in [3.05, 3.63) is 18.3 Å². The third-order valence-corrected chi connectivity index (χ3v) is 3.01. The molecule has 0 aromatic carbocycles. The molecule has 4 heteroatoms. The average molecular weight is 206 g/mol. The summed E-state index contributed by atoms with van der Waals surface area (Å²) in [6.07, 6.45) is 5.64. The highest BCUT2D eigenvalue weighted by atomic mass is 15.2. The average Bonchev–Trinajstić information content (AvgIpc) is 2.30. The molecule has 0 saturated carbocycles. The van der Waals surface area contributed by atoms with Crippen molar-refractivity contribution in [2.24, 2.45) is 5.84 Å². The van der Waals surface area contributed by atoms with Crippen molar-refractivity contribution in [3.8, 4) is 0 Å². The number of hydrazine groups is 1. The number of nitrogen functional groups attached to an aromatic ring is 1. The monoisotopic (exact) mass is 206 g/mol. The maximum absolute atomic E-state index is 5.30. The molecule has 0 bridgehead atoms. The molecule has 0 aliphatic carbocycles. The highest BCUT2D eigenvalue weighted by molar-refractivity contribution is 5.48. The lowest BCUT2D eigenvalue weighted by Gasteiger charge is -2.34. The minimum Gasteiger partial charge on any atom is -0.354 e. The second-order valence-corrected chi connectivity index (χ2v) is 4.09. The molecule has 3 N–H and O–H groups in total. The zero-order valence-electron chi connectivity index (χ0n) is 9.11. The normalized spacial score (nSPS) is 21.5. The van der Waals surface area contributed by atoms with E-state index >= 15 is 0 Å². The van der Waals surface area contributed by atoms with Gasteiger partial charge < -0.3 is 10.3 Å². The van der Waals surface area contributed by atoms with E-state index in [-0.39, 0.29) is 0 Å². The summed E-state index contributed by atoms with van der Waals surface area (Å²) in [4.78, 5) is 6.77. The highest BCUT2D eigenvalue weighted by Crippen LogP contribution is 2.23. The van der Waals surface area contributed by atoms with Gasteiger partial charge in [-0.3, -0.25) is 5.84 Å². The van der Waals surface area contributed by atoms with Gasteiger partial charge in [0.1, 0.15) is 5.82 Å². The molecule has 1 aromatic rings. The van der Waals surface area contributed by atoms with Crippen LogP contribution in [0.2, 0.25) is 0 Å². The van der Waals surface area contributed by atoms with E-state index in [2.05, 4.69) is 22.2 Å². The Bertz CT molecular complexity index is 309. The van der Waals surface area contributed by atoms with Crippen molar-refractivity contribution in [1.29, 1.82) is 0 Å². The maximum atomic E-state index is 5.30. The van der Waals surface area contributed by atoms with Gasteiger partial charge in [-0.2, -0.15) is 0 Å². The van der Waals surface area contributed by atoms with E-state index in [0.29, 0.717) is 6.04 Å². The van der Waals surface area contributed by atoms with Crippen LogP contribution in [0, 0.1) is 0 Å². The Hall–Kier alpha value is -1.29.